The van der Waals surface area contributed by atoms with Crippen LogP contribution in [0.2, 0.25) is 0 Å². The zero-order valence-electron chi connectivity index (χ0n) is 15.5. The molecule has 3 N–H and O–H groups in total. The minimum absolute atomic E-state index is 0.212. The number of rotatable bonds is 4. The van der Waals surface area contributed by atoms with E-state index < -0.39 is 24.7 Å². The first kappa shape index (κ1) is 20.6. The van der Waals surface area contributed by atoms with Crippen LogP contribution < -0.4 is 16.5 Å². The van der Waals surface area contributed by atoms with Gasteiger partial charge in [-0.1, -0.05) is 24.3 Å². The van der Waals surface area contributed by atoms with Crippen LogP contribution in [0.1, 0.15) is 5.56 Å². The van der Waals surface area contributed by atoms with Gasteiger partial charge in [-0.3, -0.25) is 0 Å². The van der Waals surface area contributed by atoms with Crippen molar-refractivity contribution in [1.82, 2.24) is 15.0 Å². The van der Waals surface area contributed by atoms with Gasteiger partial charge in [-0.15, -0.1) is 0 Å². The monoisotopic (exact) mass is 415 g/mol. The molecule has 3 rings (SSSR count). The minimum Gasteiger partial charge on any atom is -0.379 e. The fourth-order valence-electron chi connectivity index (χ4n) is 2.84. The van der Waals surface area contributed by atoms with Gasteiger partial charge in [-0.05, 0) is 13.3 Å². The van der Waals surface area contributed by atoms with Crippen molar-refractivity contribution in [3.05, 3.63) is 29.8 Å². The molecule has 152 valence electrons. The summed E-state index contributed by atoms with van der Waals surface area (Å²) < 4.78 is 59.1. The molecule has 0 aliphatic carbocycles. The first-order valence-electron chi connectivity index (χ1n) is 8.56. The van der Waals surface area contributed by atoms with Gasteiger partial charge >= 0.3 is 6.18 Å². The Morgan fingerprint density at radius 1 is 1.14 bits per heavy atom. The first-order valence-corrected chi connectivity index (χ1v) is 11.2. The van der Waals surface area contributed by atoms with Gasteiger partial charge in [-0.25, -0.2) is 9.99 Å². The van der Waals surface area contributed by atoms with E-state index in [0.29, 0.717) is 31.6 Å². The average molecular weight is 415 g/mol. The molecule has 1 aromatic carbocycles. The fraction of sp³-hybridized carbons (Fsp3) is 0.412. The highest BCUT2D eigenvalue weighted by atomic mass is 31.2. The molecule has 1 fully saturated rings. The number of nitrogens with one attached hydrogen (secondary N) is 1. The molecule has 1 aliphatic heterocycles. The second-order valence-corrected chi connectivity index (χ2v) is 9.98. The SMILES string of the molecule is CP(C)(=O)c1ccc(-c2nc(N)nc(NN3CCOCC3)c2C(F)(F)F)cc1. The van der Waals surface area contributed by atoms with E-state index in [2.05, 4.69) is 15.4 Å². The molecule has 7 nitrogen and oxygen atoms in total. The van der Waals surface area contributed by atoms with E-state index in [1.807, 2.05) is 0 Å². The molecule has 0 radical (unpaired) electrons. The van der Waals surface area contributed by atoms with E-state index in [1.165, 1.54) is 12.1 Å². The zero-order valence-corrected chi connectivity index (χ0v) is 16.3. The zero-order chi connectivity index (χ0) is 20.5. The number of benzene rings is 1. The molecule has 0 saturated carbocycles. The van der Waals surface area contributed by atoms with E-state index in [1.54, 1.807) is 30.5 Å². The molecule has 11 heteroatoms. The number of anilines is 2. The highest BCUT2D eigenvalue weighted by Crippen LogP contribution is 2.41. The summed E-state index contributed by atoms with van der Waals surface area (Å²) in [4.78, 5) is 7.64. The lowest BCUT2D eigenvalue weighted by Gasteiger charge is -2.29. The standard InChI is InChI=1S/C17H21F3N5O2P/c1-28(2,26)12-5-3-11(4-6-12)14-13(17(18,19)20)15(23-16(21)22-14)24-25-7-9-27-10-8-25/h3-6H,7-10H2,1-2H3,(H3,21,22,23,24). The number of nitrogens with zero attached hydrogens (tertiary/aromatic N) is 3. The number of nitrogens with two attached hydrogens (primary N) is 1. The number of hydrogen-bond donors (Lipinski definition) is 2. The molecule has 0 amide bonds. The highest BCUT2D eigenvalue weighted by Gasteiger charge is 2.39. The van der Waals surface area contributed by atoms with Crippen molar-refractivity contribution < 1.29 is 22.5 Å². The second-order valence-electron chi connectivity index (χ2n) is 6.76. The van der Waals surface area contributed by atoms with Crippen LogP contribution in [0, 0.1) is 0 Å². The van der Waals surface area contributed by atoms with Crippen molar-refractivity contribution in [1.29, 1.82) is 0 Å². The average Bonchev–Trinajstić information content (AvgIpc) is 2.60. The highest BCUT2D eigenvalue weighted by molar-refractivity contribution is 7.70. The molecule has 1 aliphatic rings. The predicted octanol–water partition coefficient (Wildman–Crippen LogP) is 2.65. The van der Waals surface area contributed by atoms with E-state index in [4.69, 9.17) is 10.5 Å². The van der Waals surface area contributed by atoms with Crippen LogP contribution in [-0.4, -0.2) is 54.6 Å². The first-order chi connectivity index (χ1) is 13.1. The van der Waals surface area contributed by atoms with Crippen LogP contribution in [0.3, 0.4) is 0 Å². The molecule has 1 aromatic heterocycles. The van der Waals surface area contributed by atoms with Crippen LogP contribution in [-0.2, 0) is 15.5 Å². The summed E-state index contributed by atoms with van der Waals surface area (Å²) in [6, 6.07) is 6.02. The number of nitrogen functional groups attached to an aromatic ring is 1. The Bertz CT molecular complexity index is 893. The normalized spacial score (nSPS) is 16.2. The number of aromatic nitrogens is 2. The number of halogens is 3. The van der Waals surface area contributed by atoms with Crippen LogP contribution in [0.4, 0.5) is 24.9 Å². The smallest absolute Gasteiger partial charge is 0.379 e. The molecule has 0 atom stereocenters. The largest absolute Gasteiger partial charge is 0.422 e. The van der Waals surface area contributed by atoms with Gasteiger partial charge in [-0.2, -0.15) is 18.2 Å². The van der Waals surface area contributed by atoms with Crippen molar-refractivity contribution in [3.63, 3.8) is 0 Å². The van der Waals surface area contributed by atoms with Crippen molar-refractivity contribution in [3.8, 4) is 11.3 Å². The van der Waals surface area contributed by atoms with Crippen molar-refractivity contribution in [2.45, 2.75) is 6.18 Å². The molecular formula is C17H21F3N5O2P. The summed E-state index contributed by atoms with van der Waals surface area (Å²) >= 11 is 0. The lowest BCUT2D eigenvalue weighted by Crippen LogP contribution is -2.41. The molecule has 0 bridgehead atoms. The Balaban J connectivity index is 2.08. The molecule has 1 saturated heterocycles. The minimum atomic E-state index is -4.71. The maximum atomic E-state index is 13.9. The van der Waals surface area contributed by atoms with Gasteiger partial charge in [0.15, 0.2) is 5.82 Å². The third-order valence-electron chi connectivity index (χ3n) is 4.25. The van der Waals surface area contributed by atoms with E-state index in [0.717, 1.165) is 0 Å². The predicted molar refractivity (Wildman–Crippen MR) is 102 cm³/mol. The lowest BCUT2D eigenvalue weighted by molar-refractivity contribution is -0.137. The summed E-state index contributed by atoms with van der Waals surface area (Å²) in [6.07, 6.45) is -4.71. The summed E-state index contributed by atoms with van der Waals surface area (Å²) in [5, 5.41) is 2.16. The van der Waals surface area contributed by atoms with Gasteiger partial charge in [0.25, 0.3) is 0 Å². The van der Waals surface area contributed by atoms with E-state index >= 15 is 0 Å². The van der Waals surface area contributed by atoms with Crippen LogP contribution in [0.15, 0.2) is 24.3 Å². The van der Waals surface area contributed by atoms with Crippen LogP contribution in [0.25, 0.3) is 11.3 Å². The van der Waals surface area contributed by atoms with Gasteiger partial charge in [0.1, 0.15) is 12.7 Å². The summed E-state index contributed by atoms with van der Waals surface area (Å²) in [5.74, 6) is -0.683. The van der Waals surface area contributed by atoms with E-state index in [-0.39, 0.29) is 17.2 Å². The van der Waals surface area contributed by atoms with Crippen LogP contribution >= 0.6 is 7.14 Å². The number of hydrazine groups is 1. The van der Waals surface area contributed by atoms with Gasteiger partial charge in [0, 0.05) is 24.0 Å². The topological polar surface area (TPSA) is 93.4 Å². The van der Waals surface area contributed by atoms with Gasteiger partial charge < -0.3 is 20.5 Å². The maximum absolute atomic E-state index is 13.9. The summed E-state index contributed by atoms with van der Waals surface area (Å²) in [6.45, 7) is 4.81. The van der Waals surface area contributed by atoms with Crippen LogP contribution in [0.5, 0.6) is 0 Å². The van der Waals surface area contributed by atoms with Gasteiger partial charge in [0.2, 0.25) is 5.95 Å². The third-order valence-corrected chi connectivity index (χ3v) is 5.79. The number of ether oxygens (including phenoxy) is 1. The molecule has 28 heavy (non-hydrogen) atoms. The fourth-order valence-corrected chi connectivity index (χ4v) is 3.71. The third kappa shape index (κ3) is 4.63. The molecular weight excluding hydrogens is 394 g/mol. The maximum Gasteiger partial charge on any atom is 0.422 e. The summed E-state index contributed by atoms with van der Waals surface area (Å²) in [7, 11) is -2.53. The summed E-state index contributed by atoms with van der Waals surface area (Å²) in [5.41, 5.74) is 7.28. The number of hydrogen-bond acceptors (Lipinski definition) is 7. The number of alkyl halides is 3. The second kappa shape index (κ2) is 7.69. The Morgan fingerprint density at radius 2 is 1.75 bits per heavy atom. The Labute approximate surface area is 160 Å². The molecule has 0 unspecified atom stereocenters. The Hall–Kier alpha value is -2.16. The molecule has 2 aromatic rings. The quantitative estimate of drug-likeness (QED) is 0.742. The van der Waals surface area contributed by atoms with Crippen molar-refractivity contribution in [2.24, 2.45) is 0 Å². The molecule has 2 heterocycles. The number of morpholine rings is 1. The Morgan fingerprint density at radius 3 is 2.29 bits per heavy atom. The van der Waals surface area contributed by atoms with Crippen molar-refractivity contribution >= 4 is 24.2 Å². The Kier molecular flexibility index (Phi) is 5.65. The van der Waals surface area contributed by atoms with Gasteiger partial charge in [0.05, 0.1) is 18.9 Å². The van der Waals surface area contributed by atoms with E-state index in [9.17, 15) is 17.7 Å². The lowest BCUT2D eigenvalue weighted by atomic mass is 10.1. The van der Waals surface area contributed by atoms with Crippen molar-refractivity contribution in [2.75, 3.05) is 50.8 Å². The molecule has 0 spiro atoms.